The van der Waals surface area contributed by atoms with Gasteiger partial charge in [0.25, 0.3) is 0 Å². The SMILES string of the molecule is CCC(C)c1nc(N2CCCC2CC)sc1CNC. The molecule has 2 unspecified atom stereocenters. The third kappa shape index (κ3) is 3.11. The number of rotatable bonds is 6. The lowest BCUT2D eigenvalue weighted by Gasteiger charge is -2.22. The van der Waals surface area contributed by atoms with E-state index in [9.17, 15) is 0 Å². The van der Waals surface area contributed by atoms with Crippen molar-refractivity contribution in [2.75, 3.05) is 18.5 Å². The van der Waals surface area contributed by atoms with Crippen LogP contribution in [-0.2, 0) is 6.54 Å². The minimum Gasteiger partial charge on any atom is -0.345 e. The Kier molecular flexibility index (Phi) is 5.22. The maximum absolute atomic E-state index is 4.98. The normalized spacial score (nSPS) is 21.1. The van der Waals surface area contributed by atoms with Gasteiger partial charge >= 0.3 is 0 Å². The maximum Gasteiger partial charge on any atom is 0.186 e. The number of aromatic nitrogens is 1. The monoisotopic (exact) mass is 281 g/mol. The Hall–Kier alpha value is -0.610. The van der Waals surface area contributed by atoms with E-state index in [0.717, 1.165) is 13.0 Å². The van der Waals surface area contributed by atoms with E-state index in [1.54, 1.807) is 0 Å². The van der Waals surface area contributed by atoms with Crippen molar-refractivity contribution in [2.24, 2.45) is 0 Å². The van der Waals surface area contributed by atoms with Gasteiger partial charge in [-0.1, -0.05) is 20.8 Å². The van der Waals surface area contributed by atoms with E-state index < -0.39 is 0 Å². The van der Waals surface area contributed by atoms with Crippen molar-refractivity contribution in [3.05, 3.63) is 10.6 Å². The van der Waals surface area contributed by atoms with Gasteiger partial charge in [-0.05, 0) is 38.6 Å². The molecule has 1 aliphatic rings. The highest BCUT2D eigenvalue weighted by molar-refractivity contribution is 7.15. The van der Waals surface area contributed by atoms with Crippen LogP contribution in [0, 0.1) is 0 Å². The number of thiazole rings is 1. The Morgan fingerprint density at radius 2 is 2.26 bits per heavy atom. The topological polar surface area (TPSA) is 28.2 Å². The van der Waals surface area contributed by atoms with E-state index in [4.69, 9.17) is 4.98 Å². The lowest BCUT2D eigenvalue weighted by Crippen LogP contribution is -2.28. The van der Waals surface area contributed by atoms with Crippen LogP contribution in [0.3, 0.4) is 0 Å². The van der Waals surface area contributed by atoms with E-state index in [1.165, 1.54) is 41.5 Å². The molecule has 1 aromatic rings. The summed E-state index contributed by atoms with van der Waals surface area (Å²) in [6.07, 6.45) is 5.05. The minimum absolute atomic E-state index is 0.566. The fourth-order valence-corrected chi connectivity index (χ4v) is 4.14. The van der Waals surface area contributed by atoms with Crippen LogP contribution >= 0.6 is 11.3 Å². The van der Waals surface area contributed by atoms with Gasteiger partial charge in [0.2, 0.25) is 0 Å². The Morgan fingerprint density at radius 1 is 1.47 bits per heavy atom. The Labute approximate surface area is 121 Å². The Balaban J connectivity index is 2.26. The molecule has 1 fully saturated rings. The fraction of sp³-hybridized carbons (Fsp3) is 0.800. The van der Waals surface area contributed by atoms with Gasteiger partial charge in [0.05, 0.1) is 5.69 Å². The molecule has 1 N–H and O–H groups in total. The van der Waals surface area contributed by atoms with E-state index in [2.05, 4.69) is 31.0 Å². The first-order valence-corrected chi connectivity index (χ1v) is 8.43. The molecule has 19 heavy (non-hydrogen) atoms. The van der Waals surface area contributed by atoms with E-state index in [0.29, 0.717) is 12.0 Å². The van der Waals surface area contributed by atoms with Gasteiger partial charge in [0, 0.05) is 24.0 Å². The number of hydrogen-bond donors (Lipinski definition) is 1. The Morgan fingerprint density at radius 3 is 2.89 bits per heavy atom. The van der Waals surface area contributed by atoms with Crippen LogP contribution in [0.2, 0.25) is 0 Å². The highest BCUT2D eigenvalue weighted by Gasteiger charge is 2.27. The van der Waals surface area contributed by atoms with Crippen molar-refractivity contribution in [1.82, 2.24) is 10.3 Å². The molecule has 2 heterocycles. The molecule has 1 aliphatic heterocycles. The molecular formula is C15H27N3S. The summed E-state index contributed by atoms with van der Waals surface area (Å²) in [5.41, 5.74) is 1.32. The molecule has 1 aromatic heterocycles. The fourth-order valence-electron chi connectivity index (χ4n) is 2.85. The molecule has 0 aliphatic carbocycles. The quantitative estimate of drug-likeness (QED) is 0.860. The number of anilines is 1. The van der Waals surface area contributed by atoms with E-state index in [-0.39, 0.29) is 0 Å². The molecule has 0 saturated carbocycles. The van der Waals surface area contributed by atoms with Crippen LogP contribution in [0.25, 0.3) is 0 Å². The van der Waals surface area contributed by atoms with Crippen LogP contribution in [-0.4, -0.2) is 24.6 Å². The summed E-state index contributed by atoms with van der Waals surface area (Å²) in [7, 11) is 2.02. The van der Waals surface area contributed by atoms with Gasteiger partial charge in [0.1, 0.15) is 0 Å². The molecule has 0 spiro atoms. The third-order valence-electron chi connectivity index (χ3n) is 4.23. The average molecular weight is 281 g/mol. The standard InChI is InChI=1S/C15H27N3S/c1-5-11(3)14-13(10-16-4)19-15(17-14)18-9-7-8-12(18)6-2/h11-12,16H,5-10H2,1-4H3. The van der Waals surface area contributed by atoms with E-state index >= 15 is 0 Å². The van der Waals surface area contributed by atoms with Gasteiger partial charge < -0.3 is 10.2 Å². The minimum atomic E-state index is 0.566. The number of hydrogen-bond acceptors (Lipinski definition) is 4. The van der Waals surface area contributed by atoms with Crippen LogP contribution in [0.4, 0.5) is 5.13 Å². The van der Waals surface area contributed by atoms with Crippen molar-refractivity contribution >= 4 is 16.5 Å². The first-order valence-electron chi connectivity index (χ1n) is 7.62. The predicted molar refractivity (Wildman–Crippen MR) is 84.2 cm³/mol. The molecule has 2 rings (SSSR count). The van der Waals surface area contributed by atoms with Crippen LogP contribution < -0.4 is 10.2 Å². The Bertz CT molecular complexity index is 402. The maximum atomic E-state index is 4.98. The van der Waals surface area contributed by atoms with Crippen molar-refractivity contribution in [1.29, 1.82) is 0 Å². The first-order chi connectivity index (χ1) is 9.21. The zero-order valence-corrected chi connectivity index (χ0v) is 13.5. The third-order valence-corrected chi connectivity index (χ3v) is 5.34. The second-order valence-corrected chi connectivity index (χ2v) is 6.60. The first kappa shape index (κ1) is 14.8. The lowest BCUT2D eigenvalue weighted by molar-refractivity contribution is 0.640. The smallest absolute Gasteiger partial charge is 0.186 e. The largest absolute Gasteiger partial charge is 0.345 e. The van der Waals surface area contributed by atoms with Gasteiger partial charge in [0.15, 0.2) is 5.13 Å². The highest BCUT2D eigenvalue weighted by atomic mass is 32.1. The molecule has 0 amide bonds. The summed E-state index contributed by atoms with van der Waals surface area (Å²) < 4.78 is 0. The van der Waals surface area contributed by atoms with Gasteiger partial charge in [-0.2, -0.15) is 0 Å². The molecule has 0 bridgehead atoms. The molecular weight excluding hydrogens is 254 g/mol. The summed E-state index contributed by atoms with van der Waals surface area (Å²) in [4.78, 5) is 8.95. The highest BCUT2D eigenvalue weighted by Crippen LogP contribution is 2.35. The van der Waals surface area contributed by atoms with Crippen LogP contribution in [0.5, 0.6) is 0 Å². The zero-order valence-electron chi connectivity index (χ0n) is 12.7. The molecule has 0 aromatic carbocycles. The van der Waals surface area contributed by atoms with Crippen LogP contribution in [0.15, 0.2) is 0 Å². The summed E-state index contributed by atoms with van der Waals surface area (Å²) in [6.45, 7) is 8.96. The van der Waals surface area contributed by atoms with Crippen molar-refractivity contribution in [3.8, 4) is 0 Å². The van der Waals surface area contributed by atoms with Crippen molar-refractivity contribution < 1.29 is 0 Å². The molecule has 1 saturated heterocycles. The number of nitrogens with zero attached hydrogens (tertiary/aromatic N) is 2. The molecule has 3 nitrogen and oxygen atoms in total. The predicted octanol–water partition coefficient (Wildman–Crippen LogP) is 3.75. The summed E-state index contributed by atoms with van der Waals surface area (Å²) in [5.74, 6) is 0.566. The van der Waals surface area contributed by atoms with E-state index in [1.807, 2.05) is 18.4 Å². The van der Waals surface area contributed by atoms with Crippen molar-refractivity contribution in [2.45, 2.75) is 65.0 Å². The lowest BCUT2D eigenvalue weighted by atomic mass is 10.0. The van der Waals surface area contributed by atoms with Crippen molar-refractivity contribution in [3.63, 3.8) is 0 Å². The zero-order chi connectivity index (χ0) is 13.8. The summed E-state index contributed by atoms with van der Waals surface area (Å²) in [5, 5.41) is 4.54. The molecule has 108 valence electrons. The van der Waals surface area contributed by atoms with Crippen LogP contribution in [0.1, 0.15) is 62.9 Å². The number of nitrogens with one attached hydrogen (secondary N) is 1. The summed E-state index contributed by atoms with van der Waals surface area (Å²) >= 11 is 1.90. The summed E-state index contributed by atoms with van der Waals surface area (Å²) in [6, 6.07) is 0.707. The van der Waals surface area contributed by atoms with Gasteiger partial charge in [-0.15, -0.1) is 11.3 Å². The van der Waals surface area contributed by atoms with Gasteiger partial charge in [-0.3, -0.25) is 0 Å². The average Bonchev–Trinajstić information content (AvgIpc) is 3.03. The second-order valence-electron chi connectivity index (χ2n) is 5.54. The molecule has 4 heteroatoms. The van der Waals surface area contributed by atoms with Gasteiger partial charge in [-0.25, -0.2) is 4.98 Å². The molecule has 2 atom stereocenters. The second kappa shape index (κ2) is 6.71. The molecule has 0 radical (unpaired) electrons.